The fraction of sp³-hybridized carbons (Fsp3) is 0.692. The van der Waals surface area contributed by atoms with Gasteiger partial charge in [-0.25, -0.2) is 0 Å². The maximum Gasteiger partial charge on any atom is 0.307 e. The first-order valence-corrected chi connectivity index (χ1v) is 12.6. The van der Waals surface area contributed by atoms with Gasteiger partial charge in [-0.3, -0.25) is 24.3 Å². The van der Waals surface area contributed by atoms with Gasteiger partial charge in [-0.15, -0.1) is 0 Å². The molecular weight excluding hydrogens is 446 g/mol. The van der Waals surface area contributed by atoms with Gasteiger partial charge in [-0.2, -0.15) is 0 Å². The molecular formula is C26H46N5O4+. The molecule has 1 heterocycles. The Hall–Kier alpha value is -2.20. The molecule has 1 fully saturated rings. The predicted octanol–water partition coefficient (Wildman–Crippen LogP) is 2.03. The van der Waals surface area contributed by atoms with E-state index >= 15 is 0 Å². The van der Waals surface area contributed by atoms with Crippen molar-refractivity contribution in [2.45, 2.75) is 32.7 Å². The molecule has 0 radical (unpaired) electrons. The fourth-order valence-electron chi connectivity index (χ4n) is 3.93. The van der Waals surface area contributed by atoms with Crippen LogP contribution in [0.4, 0.5) is 5.69 Å². The Morgan fingerprint density at radius 1 is 0.886 bits per heavy atom. The van der Waals surface area contributed by atoms with Crippen molar-refractivity contribution in [2.75, 3.05) is 93.0 Å². The molecule has 0 aromatic heterocycles. The lowest BCUT2D eigenvalue weighted by molar-refractivity contribution is -0.870. The fourth-order valence-corrected chi connectivity index (χ4v) is 3.93. The van der Waals surface area contributed by atoms with Crippen molar-refractivity contribution in [1.29, 1.82) is 0 Å². The summed E-state index contributed by atoms with van der Waals surface area (Å²) in [4.78, 5) is 33.3. The van der Waals surface area contributed by atoms with E-state index in [1.54, 1.807) is 0 Å². The van der Waals surface area contributed by atoms with Crippen LogP contribution in [0.25, 0.3) is 0 Å². The van der Waals surface area contributed by atoms with Crippen molar-refractivity contribution in [1.82, 2.24) is 14.7 Å². The third-order valence-electron chi connectivity index (χ3n) is 5.77. The highest BCUT2D eigenvalue weighted by atomic mass is 16.5. The molecule has 1 aromatic carbocycles. The number of carbonyl (C=O) groups is 2. The van der Waals surface area contributed by atoms with Crippen LogP contribution in [-0.4, -0.2) is 119 Å². The minimum Gasteiger partial charge on any atom is -0.466 e. The number of benzene rings is 1. The maximum absolute atomic E-state index is 12.3. The molecule has 1 saturated heterocycles. The third kappa shape index (κ3) is 11.9. The van der Waals surface area contributed by atoms with Gasteiger partial charge in [0.2, 0.25) is 0 Å². The Balaban J connectivity index is 1.93. The Morgan fingerprint density at radius 2 is 1.43 bits per heavy atom. The van der Waals surface area contributed by atoms with E-state index in [2.05, 4.69) is 79.1 Å². The Bertz CT molecular complexity index is 771. The van der Waals surface area contributed by atoms with Crippen LogP contribution in [0.15, 0.2) is 24.3 Å². The normalized spacial score (nSPS) is 15.5. The van der Waals surface area contributed by atoms with Crippen molar-refractivity contribution in [3.8, 4) is 0 Å². The van der Waals surface area contributed by atoms with Gasteiger partial charge in [0.1, 0.15) is 13.2 Å². The average molecular weight is 493 g/mol. The Kier molecular flexibility index (Phi) is 11.9. The van der Waals surface area contributed by atoms with E-state index in [-0.39, 0.29) is 11.9 Å². The van der Waals surface area contributed by atoms with Crippen molar-refractivity contribution in [3.63, 3.8) is 0 Å². The van der Waals surface area contributed by atoms with E-state index in [0.29, 0.717) is 45.7 Å². The van der Waals surface area contributed by atoms with Crippen LogP contribution in [0, 0.1) is 0 Å². The van der Waals surface area contributed by atoms with Crippen molar-refractivity contribution >= 4 is 17.6 Å². The minimum atomic E-state index is -0.203. The van der Waals surface area contributed by atoms with Gasteiger partial charge in [-0.05, 0) is 38.2 Å². The van der Waals surface area contributed by atoms with E-state index in [4.69, 9.17) is 9.47 Å². The first-order chi connectivity index (χ1) is 16.6. The molecule has 9 heteroatoms. The van der Waals surface area contributed by atoms with Gasteiger partial charge < -0.3 is 18.9 Å². The Labute approximate surface area is 211 Å². The standard InChI is InChI=1S/C26H46N5O4/c1-7-17-34-25(32)12-14-29(15-13-26(33)35-18-16-31(4,5)6)19-23-8-10-24(11-9-23)30-21-27(2)20-28(3)22-30/h8-11H,7,12-22H2,1-6H3/q+1. The SMILES string of the molecule is CCCOC(=O)CCN(CCC(=O)OCC[N+](C)(C)C)Cc1ccc(N2CN(C)CN(C)C2)cc1. The molecule has 1 aromatic rings. The highest BCUT2D eigenvalue weighted by Crippen LogP contribution is 2.19. The van der Waals surface area contributed by atoms with Gasteiger partial charge in [0.05, 0.1) is 60.6 Å². The topological polar surface area (TPSA) is 65.6 Å². The predicted molar refractivity (Wildman–Crippen MR) is 139 cm³/mol. The Morgan fingerprint density at radius 3 is 1.94 bits per heavy atom. The molecule has 0 saturated carbocycles. The second-order valence-electron chi connectivity index (χ2n) is 10.6. The van der Waals surface area contributed by atoms with E-state index in [0.717, 1.165) is 43.0 Å². The van der Waals surface area contributed by atoms with Crippen molar-refractivity contribution < 1.29 is 23.5 Å². The molecule has 9 nitrogen and oxygen atoms in total. The summed E-state index contributed by atoms with van der Waals surface area (Å²) in [5.74, 6) is -0.401. The quantitative estimate of drug-likeness (QED) is 0.289. The number of esters is 2. The van der Waals surface area contributed by atoms with Gasteiger partial charge >= 0.3 is 11.9 Å². The molecule has 2 rings (SSSR count). The van der Waals surface area contributed by atoms with Gasteiger partial charge in [-0.1, -0.05) is 19.1 Å². The monoisotopic (exact) mass is 492 g/mol. The molecule has 0 bridgehead atoms. The molecule has 0 spiro atoms. The highest BCUT2D eigenvalue weighted by Gasteiger charge is 2.19. The minimum absolute atomic E-state index is 0.198. The molecule has 1 aliphatic heterocycles. The summed E-state index contributed by atoms with van der Waals surface area (Å²) in [6.45, 7) is 8.09. The molecule has 198 valence electrons. The van der Waals surface area contributed by atoms with E-state index in [9.17, 15) is 9.59 Å². The summed E-state index contributed by atoms with van der Waals surface area (Å²) in [6, 6.07) is 8.56. The summed E-state index contributed by atoms with van der Waals surface area (Å²) >= 11 is 0. The molecule has 0 atom stereocenters. The van der Waals surface area contributed by atoms with E-state index < -0.39 is 0 Å². The lowest BCUT2D eigenvalue weighted by atomic mass is 10.1. The van der Waals surface area contributed by atoms with Crippen LogP contribution in [0.5, 0.6) is 0 Å². The van der Waals surface area contributed by atoms with Gasteiger partial charge in [0, 0.05) is 25.3 Å². The molecule has 0 unspecified atom stereocenters. The van der Waals surface area contributed by atoms with Crippen LogP contribution >= 0.6 is 0 Å². The summed E-state index contributed by atoms with van der Waals surface area (Å²) < 4.78 is 11.4. The summed E-state index contributed by atoms with van der Waals surface area (Å²) in [5, 5.41) is 0. The number of quaternary nitrogens is 1. The van der Waals surface area contributed by atoms with Crippen LogP contribution in [0.3, 0.4) is 0 Å². The largest absolute Gasteiger partial charge is 0.466 e. The number of hydrogen-bond donors (Lipinski definition) is 0. The first kappa shape index (κ1) is 29.0. The van der Waals surface area contributed by atoms with Crippen LogP contribution < -0.4 is 4.90 Å². The zero-order chi connectivity index (χ0) is 25.8. The lowest BCUT2D eigenvalue weighted by Gasteiger charge is -2.40. The van der Waals surface area contributed by atoms with Crippen LogP contribution in [0.1, 0.15) is 31.7 Å². The molecule has 0 aliphatic carbocycles. The zero-order valence-corrected chi connectivity index (χ0v) is 22.7. The number of carbonyl (C=O) groups excluding carboxylic acids is 2. The molecule has 1 aliphatic rings. The van der Waals surface area contributed by atoms with Gasteiger partial charge in [0.15, 0.2) is 0 Å². The number of rotatable bonds is 14. The molecule has 35 heavy (non-hydrogen) atoms. The number of hydrogen-bond acceptors (Lipinski definition) is 8. The van der Waals surface area contributed by atoms with Crippen LogP contribution in [-0.2, 0) is 25.6 Å². The summed E-state index contributed by atoms with van der Waals surface area (Å²) in [6.07, 6.45) is 1.41. The zero-order valence-electron chi connectivity index (χ0n) is 22.7. The highest BCUT2D eigenvalue weighted by molar-refractivity contribution is 5.70. The summed E-state index contributed by atoms with van der Waals surface area (Å²) in [7, 11) is 10.4. The van der Waals surface area contributed by atoms with Gasteiger partial charge in [0.25, 0.3) is 0 Å². The summed E-state index contributed by atoms with van der Waals surface area (Å²) in [5.41, 5.74) is 2.33. The first-order valence-electron chi connectivity index (χ1n) is 12.6. The van der Waals surface area contributed by atoms with Crippen molar-refractivity contribution in [2.24, 2.45) is 0 Å². The second kappa shape index (κ2) is 14.4. The second-order valence-corrected chi connectivity index (χ2v) is 10.6. The number of nitrogens with zero attached hydrogens (tertiary/aromatic N) is 5. The van der Waals surface area contributed by atoms with Crippen LogP contribution in [0.2, 0.25) is 0 Å². The number of likely N-dealkylation sites (N-methyl/N-ethyl adjacent to an activating group) is 1. The molecule has 0 amide bonds. The lowest BCUT2D eigenvalue weighted by Crippen LogP contribution is -2.52. The average Bonchev–Trinajstić information content (AvgIpc) is 2.78. The number of anilines is 1. The smallest absolute Gasteiger partial charge is 0.307 e. The van der Waals surface area contributed by atoms with E-state index in [1.165, 1.54) is 5.69 Å². The van der Waals surface area contributed by atoms with E-state index in [1.807, 2.05) is 6.92 Å². The number of ether oxygens (including phenoxy) is 2. The van der Waals surface area contributed by atoms with Crippen molar-refractivity contribution in [3.05, 3.63) is 29.8 Å². The maximum atomic E-state index is 12.3. The molecule has 0 N–H and O–H groups in total. The third-order valence-corrected chi connectivity index (χ3v) is 5.77.